The standard InChI is InChI=1S/C14H15N.C2H6/c1-2-12-6-8-13(9-7-12)11-14-5-3-4-10-15-14;1-2/h3-10H,2,11H2,1H3;1-2H3. The van der Waals surface area contributed by atoms with Crippen molar-refractivity contribution in [1.82, 2.24) is 4.98 Å². The summed E-state index contributed by atoms with van der Waals surface area (Å²) in [5.74, 6) is 0. The molecule has 0 saturated heterocycles. The first-order chi connectivity index (χ1) is 8.38. The Hall–Kier alpha value is -1.63. The number of benzene rings is 1. The van der Waals surface area contributed by atoms with Crippen LogP contribution in [0.3, 0.4) is 0 Å². The molecule has 0 bridgehead atoms. The number of hydrogen-bond acceptors (Lipinski definition) is 1. The topological polar surface area (TPSA) is 12.9 Å². The van der Waals surface area contributed by atoms with Crippen molar-refractivity contribution >= 4 is 0 Å². The third-order valence-electron chi connectivity index (χ3n) is 2.54. The lowest BCUT2D eigenvalue weighted by molar-refractivity contribution is 1.06. The molecule has 17 heavy (non-hydrogen) atoms. The lowest BCUT2D eigenvalue weighted by Gasteiger charge is -2.02. The van der Waals surface area contributed by atoms with Gasteiger partial charge in [0.1, 0.15) is 0 Å². The lowest BCUT2D eigenvalue weighted by atomic mass is 10.1. The Kier molecular flexibility index (Phi) is 6.02. The van der Waals surface area contributed by atoms with Crippen LogP contribution in [0.25, 0.3) is 0 Å². The molecule has 90 valence electrons. The van der Waals surface area contributed by atoms with Crippen LogP contribution < -0.4 is 0 Å². The Morgan fingerprint density at radius 3 is 2.06 bits per heavy atom. The third-order valence-corrected chi connectivity index (χ3v) is 2.54. The molecule has 0 aliphatic heterocycles. The molecule has 0 amide bonds. The maximum Gasteiger partial charge on any atom is 0.0447 e. The van der Waals surface area contributed by atoms with Crippen LogP contribution in [-0.4, -0.2) is 4.98 Å². The minimum absolute atomic E-state index is 0.921. The molecule has 1 aromatic heterocycles. The normalized spacial score (nSPS) is 9.35. The number of aryl methyl sites for hydroxylation is 1. The van der Waals surface area contributed by atoms with E-state index in [1.54, 1.807) is 0 Å². The molecule has 0 saturated carbocycles. The molecule has 1 aromatic carbocycles. The van der Waals surface area contributed by atoms with E-state index in [0.29, 0.717) is 0 Å². The second-order valence-corrected chi connectivity index (χ2v) is 3.67. The van der Waals surface area contributed by atoms with Gasteiger partial charge in [-0.3, -0.25) is 4.98 Å². The summed E-state index contributed by atoms with van der Waals surface area (Å²) in [5, 5.41) is 0. The quantitative estimate of drug-likeness (QED) is 0.763. The van der Waals surface area contributed by atoms with Crippen molar-refractivity contribution < 1.29 is 0 Å². The zero-order valence-corrected chi connectivity index (χ0v) is 11.0. The Morgan fingerprint density at radius 2 is 1.53 bits per heavy atom. The van der Waals surface area contributed by atoms with Crippen LogP contribution in [0.5, 0.6) is 0 Å². The number of hydrogen-bond donors (Lipinski definition) is 0. The van der Waals surface area contributed by atoms with Crippen molar-refractivity contribution in [3.8, 4) is 0 Å². The van der Waals surface area contributed by atoms with Crippen molar-refractivity contribution in [3.63, 3.8) is 0 Å². The van der Waals surface area contributed by atoms with E-state index in [4.69, 9.17) is 0 Å². The van der Waals surface area contributed by atoms with Gasteiger partial charge in [0.2, 0.25) is 0 Å². The van der Waals surface area contributed by atoms with Crippen LogP contribution >= 0.6 is 0 Å². The first-order valence-corrected chi connectivity index (χ1v) is 6.36. The van der Waals surface area contributed by atoms with E-state index in [-0.39, 0.29) is 0 Å². The Bertz CT molecular complexity index is 403. The predicted molar refractivity (Wildman–Crippen MR) is 74.2 cm³/mol. The summed E-state index contributed by atoms with van der Waals surface area (Å²) < 4.78 is 0. The summed E-state index contributed by atoms with van der Waals surface area (Å²) in [6, 6.07) is 14.8. The van der Waals surface area contributed by atoms with Crippen LogP contribution in [0, 0.1) is 0 Å². The molecular formula is C16H21N. The van der Waals surface area contributed by atoms with Gasteiger partial charge in [-0.25, -0.2) is 0 Å². The van der Waals surface area contributed by atoms with E-state index >= 15 is 0 Å². The molecule has 0 fully saturated rings. The van der Waals surface area contributed by atoms with Gasteiger partial charge in [0.05, 0.1) is 0 Å². The molecular weight excluding hydrogens is 206 g/mol. The number of nitrogens with zero attached hydrogens (tertiary/aromatic N) is 1. The summed E-state index contributed by atoms with van der Waals surface area (Å²) in [5.41, 5.74) is 3.84. The highest BCUT2D eigenvalue weighted by atomic mass is 14.7. The van der Waals surface area contributed by atoms with Gasteiger partial charge in [-0.1, -0.05) is 51.1 Å². The fourth-order valence-corrected chi connectivity index (χ4v) is 1.60. The Labute approximate surface area is 105 Å². The van der Waals surface area contributed by atoms with Crippen LogP contribution in [0.2, 0.25) is 0 Å². The fraction of sp³-hybridized carbons (Fsp3) is 0.312. The minimum Gasteiger partial charge on any atom is -0.261 e. The van der Waals surface area contributed by atoms with Gasteiger partial charge in [0, 0.05) is 18.3 Å². The van der Waals surface area contributed by atoms with E-state index in [9.17, 15) is 0 Å². The first kappa shape index (κ1) is 13.4. The second kappa shape index (κ2) is 7.61. The maximum atomic E-state index is 4.32. The third kappa shape index (κ3) is 4.39. The summed E-state index contributed by atoms with van der Waals surface area (Å²) in [6.45, 7) is 6.17. The minimum atomic E-state index is 0.921. The van der Waals surface area contributed by atoms with Gasteiger partial charge in [0.15, 0.2) is 0 Å². The maximum absolute atomic E-state index is 4.32. The van der Waals surface area contributed by atoms with Gasteiger partial charge >= 0.3 is 0 Å². The van der Waals surface area contributed by atoms with Crippen LogP contribution in [0.4, 0.5) is 0 Å². The molecule has 0 aliphatic carbocycles. The van der Waals surface area contributed by atoms with Crippen molar-refractivity contribution in [2.24, 2.45) is 0 Å². The summed E-state index contributed by atoms with van der Waals surface area (Å²) in [6.07, 6.45) is 3.87. The van der Waals surface area contributed by atoms with Gasteiger partial charge < -0.3 is 0 Å². The number of aromatic nitrogens is 1. The smallest absolute Gasteiger partial charge is 0.0447 e. The van der Waals surface area contributed by atoms with Crippen LogP contribution in [0.1, 0.15) is 37.6 Å². The number of pyridine rings is 1. The molecule has 0 N–H and O–H groups in total. The zero-order chi connectivity index (χ0) is 12.5. The largest absolute Gasteiger partial charge is 0.261 e. The molecule has 0 spiro atoms. The highest BCUT2D eigenvalue weighted by Gasteiger charge is 1.96. The molecule has 0 atom stereocenters. The molecule has 1 nitrogen and oxygen atoms in total. The van der Waals surface area contributed by atoms with Crippen molar-refractivity contribution in [2.45, 2.75) is 33.6 Å². The SMILES string of the molecule is CC.CCc1ccc(Cc2ccccn2)cc1. The predicted octanol–water partition coefficient (Wildman–Crippen LogP) is 4.26. The van der Waals surface area contributed by atoms with Crippen molar-refractivity contribution in [2.75, 3.05) is 0 Å². The van der Waals surface area contributed by atoms with E-state index in [1.165, 1.54) is 11.1 Å². The molecule has 2 rings (SSSR count). The van der Waals surface area contributed by atoms with E-state index < -0.39 is 0 Å². The van der Waals surface area contributed by atoms with E-state index in [1.807, 2.05) is 32.2 Å². The highest BCUT2D eigenvalue weighted by molar-refractivity contribution is 5.26. The van der Waals surface area contributed by atoms with E-state index in [2.05, 4.69) is 42.2 Å². The number of rotatable bonds is 3. The Balaban J connectivity index is 0.000000686. The molecule has 1 heterocycles. The van der Waals surface area contributed by atoms with Gasteiger partial charge in [0.25, 0.3) is 0 Å². The van der Waals surface area contributed by atoms with Gasteiger partial charge in [-0.05, 0) is 29.7 Å². The first-order valence-electron chi connectivity index (χ1n) is 6.36. The molecule has 0 aliphatic rings. The van der Waals surface area contributed by atoms with Crippen molar-refractivity contribution in [3.05, 3.63) is 65.5 Å². The average molecular weight is 227 g/mol. The monoisotopic (exact) mass is 227 g/mol. The lowest BCUT2D eigenvalue weighted by Crippen LogP contribution is -1.91. The van der Waals surface area contributed by atoms with E-state index in [0.717, 1.165) is 18.5 Å². The van der Waals surface area contributed by atoms with Crippen LogP contribution in [0.15, 0.2) is 48.7 Å². The molecule has 0 radical (unpaired) electrons. The van der Waals surface area contributed by atoms with Crippen LogP contribution in [-0.2, 0) is 12.8 Å². The summed E-state index contributed by atoms with van der Waals surface area (Å²) in [4.78, 5) is 4.32. The Morgan fingerprint density at radius 1 is 0.882 bits per heavy atom. The summed E-state index contributed by atoms with van der Waals surface area (Å²) >= 11 is 0. The summed E-state index contributed by atoms with van der Waals surface area (Å²) in [7, 11) is 0. The zero-order valence-electron chi connectivity index (χ0n) is 11.0. The van der Waals surface area contributed by atoms with Gasteiger partial charge in [-0.2, -0.15) is 0 Å². The highest BCUT2D eigenvalue weighted by Crippen LogP contribution is 2.09. The van der Waals surface area contributed by atoms with Gasteiger partial charge in [-0.15, -0.1) is 0 Å². The average Bonchev–Trinajstić information content (AvgIpc) is 2.43. The molecule has 1 heteroatoms. The molecule has 2 aromatic rings. The fourth-order valence-electron chi connectivity index (χ4n) is 1.60. The second-order valence-electron chi connectivity index (χ2n) is 3.67. The molecule has 0 unspecified atom stereocenters. The van der Waals surface area contributed by atoms with Crippen molar-refractivity contribution in [1.29, 1.82) is 0 Å².